The summed E-state index contributed by atoms with van der Waals surface area (Å²) in [5.41, 5.74) is 2.41. The van der Waals surface area contributed by atoms with Crippen LogP contribution in [0.3, 0.4) is 0 Å². The van der Waals surface area contributed by atoms with Crippen molar-refractivity contribution in [3.8, 4) is 0 Å². The van der Waals surface area contributed by atoms with E-state index in [0.717, 1.165) is 10.6 Å². The van der Waals surface area contributed by atoms with Crippen molar-refractivity contribution in [1.82, 2.24) is 0 Å². The van der Waals surface area contributed by atoms with Crippen molar-refractivity contribution in [1.29, 1.82) is 0 Å². The van der Waals surface area contributed by atoms with Crippen molar-refractivity contribution in [3.05, 3.63) is 34.3 Å². The van der Waals surface area contributed by atoms with Crippen LogP contribution >= 0.6 is 11.6 Å². The summed E-state index contributed by atoms with van der Waals surface area (Å²) in [6.45, 7) is 4.07. The lowest BCUT2D eigenvalue weighted by Gasteiger charge is -1.96. The normalized spacial score (nSPS) is 8.70. The molecule has 1 rings (SSSR count). The minimum absolute atomic E-state index is 0. The lowest BCUT2D eigenvalue weighted by atomic mass is 10.2. The number of benzene rings is 1. The Bertz CT molecular complexity index is 216. The number of hydrogen-bond donors (Lipinski definition) is 0. The average molecular weight is 157 g/mol. The fraction of sp³-hybridized carbons (Fsp3) is 0.333. The second-order valence-electron chi connectivity index (χ2n) is 2.25. The molecule has 0 nitrogen and oxygen atoms in total. The molecule has 0 saturated carbocycles. The van der Waals surface area contributed by atoms with Crippen molar-refractivity contribution in [2.45, 2.75) is 21.3 Å². The van der Waals surface area contributed by atoms with Gasteiger partial charge in [0.1, 0.15) is 0 Å². The van der Waals surface area contributed by atoms with Gasteiger partial charge in [0.05, 0.1) is 0 Å². The molecule has 0 radical (unpaired) electrons. The molecular weight excluding hydrogens is 144 g/mol. The zero-order chi connectivity index (χ0) is 6.85. The van der Waals surface area contributed by atoms with Gasteiger partial charge >= 0.3 is 0 Å². The van der Waals surface area contributed by atoms with Crippen molar-refractivity contribution in [2.75, 3.05) is 0 Å². The van der Waals surface area contributed by atoms with E-state index in [4.69, 9.17) is 11.6 Å². The van der Waals surface area contributed by atoms with Crippen LogP contribution in [0.2, 0.25) is 5.02 Å². The predicted molar refractivity (Wildman–Crippen MR) is 47.7 cm³/mol. The Kier molecular flexibility index (Phi) is 3.45. The quantitative estimate of drug-likeness (QED) is 0.539. The van der Waals surface area contributed by atoms with Crippen LogP contribution in [0.1, 0.15) is 18.6 Å². The van der Waals surface area contributed by atoms with E-state index in [1.165, 1.54) is 5.56 Å². The Morgan fingerprint density at radius 2 is 1.80 bits per heavy atom. The molecule has 1 aromatic rings. The van der Waals surface area contributed by atoms with Crippen LogP contribution in [0.25, 0.3) is 0 Å². The molecule has 0 amide bonds. The molecule has 0 bridgehead atoms. The molecule has 0 spiro atoms. The van der Waals surface area contributed by atoms with Crippen molar-refractivity contribution < 1.29 is 0 Å². The van der Waals surface area contributed by atoms with Gasteiger partial charge in [-0.3, -0.25) is 0 Å². The molecule has 10 heavy (non-hydrogen) atoms. The van der Waals surface area contributed by atoms with E-state index in [1.807, 2.05) is 19.1 Å². The summed E-state index contributed by atoms with van der Waals surface area (Å²) in [7, 11) is 0. The maximum Gasteiger partial charge on any atom is 0.0435 e. The number of halogens is 1. The molecule has 0 aliphatic heterocycles. The van der Waals surface area contributed by atoms with E-state index in [2.05, 4.69) is 13.0 Å². The highest BCUT2D eigenvalue weighted by atomic mass is 35.5. The summed E-state index contributed by atoms with van der Waals surface area (Å²) >= 11 is 5.78. The second kappa shape index (κ2) is 3.62. The molecule has 0 heterocycles. The Hall–Kier alpha value is -0.490. The first kappa shape index (κ1) is 9.51. The Balaban J connectivity index is 0.000000810. The van der Waals surface area contributed by atoms with Crippen LogP contribution in [-0.2, 0) is 0 Å². The molecule has 0 saturated heterocycles. The van der Waals surface area contributed by atoms with Gasteiger partial charge in [0.15, 0.2) is 0 Å². The molecule has 0 unspecified atom stereocenters. The molecule has 1 aromatic carbocycles. The van der Waals surface area contributed by atoms with Gasteiger partial charge < -0.3 is 0 Å². The van der Waals surface area contributed by atoms with Gasteiger partial charge in [0.2, 0.25) is 0 Å². The van der Waals surface area contributed by atoms with Crippen molar-refractivity contribution in [2.24, 2.45) is 0 Å². The summed E-state index contributed by atoms with van der Waals surface area (Å²) in [4.78, 5) is 0. The van der Waals surface area contributed by atoms with Crippen molar-refractivity contribution >= 4 is 11.6 Å². The number of hydrogen-bond acceptors (Lipinski definition) is 0. The predicted octanol–water partition coefficient (Wildman–Crippen LogP) is 3.59. The van der Waals surface area contributed by atoms with Gasteiger partial charge in [-0.25, -0.2) is 0 Å². The minimum atomic E-state index is 0. The fourth-order valence-electron chi connectivity index (χ4n) is 0.795. The standard InChI is InChI=1S/C8H9Cl.CH4/c1-6-3-4-8(9)7(2)5-6;/h3-5H,1-2H3;1H4. The summed E-state index contributed by atoms with van der Waals surface area (Å²) in [6, 6.07) is 6.00. The molecule has 0 aliphatic carbocycles. The first-order valence-corrected chi connectivity index (χ1v) is 3.30. The first-order chi connectivity index (χ1) is 4.20. The summed E-state index contributed by atoms with van der Waals surface area (Å²) in [5.74, 6) is 0. The highest BCUT2D eigenvalue weighted by Gasteiger charge is 1.91. The van der Waals surface area contributed by atoms with Crippen LogP contribution in [0.15, 0.2) is 18.2 Å². The smallest absolute Gasteiger partial charge is 0.0435 e. The van der Waals surface area contributed by atoms with Gasteiger partial charge in [-0.1, -0.05) is 36.7 Å². The van der Waals surface area contributed by atoms with Crippen LogP contribution in [-0.4, -0.2) is 0 Å². The molecule has 0 fully saturated rings. The van der Waals surface area contributed by atoms with Gasteiger partial charge in [0.25, 0.3) is 0 Å². The summed E-state index contributed by atoms with van der Waals surface area (Å²) in [5, 5.41) is 0.848. The van der Waals surface area contributed by atoms with E-state index < -0.39 is 0 Å². The number of rotatable bonds is 0. The molecule has 1 heteroatoms. The van der Waals surface area contributed by atoms with Crippen LogP contribution in [0.4, 0.5) is 0 Å². The fourth-order valence-corrected chi connectivity index (χ4v) is 0.912. The van der Waals surface area contributed by atoms with Gasteiger partial charge in [-0.15, -0.1) is 0 Å². The van der Waals surface area contributed by atoms with Crippen LogP contribution in [0.5, 0.6) is 0 Å². The largest absolute Gasteiger partial charge is 0.0841 e. The molecule has 0 aliphatic rings. The van der Waals surface area contributed by atoms with Crippen LogP contribution < -0.4 is 0 Å². The zero-order valence-corrected chi connectivity index (χ0v) is 6.37. The van der Waals surface area contributed by atoms with E-state index in [-0.39, 0.29) is 7.43 Å². The topological polar surface area (TPSA) is 0 Å². The third kappa shape index (κ3) is 2.03. The maximum absolute atomic E-state index is 5.78. The Labute approximate surface area is 67.8 Å². The molecule has 0 atom stereocenters. The third-order valence-corrected chi connectivity index (χ3v) is 1.74. The third-order valence-electron chi connectivity index (χ3n) is 1.31. The van der Waals surface area contributed by atoms with E-state index in [1.54, 1.807) is 0 Å². The second-order valence-corrected chi connectivity index (χ2v) is 2.66. The molecular formula is C9H13Cl. The van der Waals surface area contributed by atoms with E-state index >= 15 is 0 Å². The highest BCUT2D eigenvalue weighted by molar-refractivity contribution is 6.31. The van der Waals surface area contributed by atoms with Crippen molar-refractivity contribution in [3.63, 3.8) is 0 Å². The van der Waals surface area contributed by atoms with Gasteiger partial charge in [-0.05, 0) is 25.5 Å². The highest BCUT2D eigenvalue weighted by Crippen LogP contribution is 2.14. The van der Waals surface area contributed by atoms with Crippen LogP contribution in [0, 0.1) is 13.8 Å². The number of aryl methyl sites for hydroxylation is 2. The zero-order valence-electron chi connectivity index (χ0n) is 5.61. The van der Waals surface area contributed by atoms with E-state index in [9.17, 15) is 0 Å². The maximum atomic E-state index is 5.78. The van der Waals surface area contributed by atoms with Gasteiger partial charge in [-0.2, -0.15) is 0 Å². The summed E-state index contributed by atoms with van der Waals surface area (Å²) < 4.78 is 0. The monoisotopic (exact) mass is 156 g/mol. The van der Waals surface area contributed by atoms with Gasteiger partial charge in [0, 0.05) is 5.02 Å². The lowest BCUT2D eigenvalue weighted by Crippen LogP contribution is -1.75. The summed E-state index contributed by atoms with van der Waals surface area (Å²) in [6.07, 6.45) is 0. The molecule has 0 N–H and O–H groups in total. The van der Waals surface area contributed by atoms with E-state index in [0.29, 0.717) is 0 Å². The first-order valence-electron chi connectivity index (χ1n) is 2.93. The lowest BCUT2D eigenvalue weighted by molar-refractivity contribution is 1.39. The molecule has 56 valence electrons. The minimum Gasteiger partial charge on any atom is -0.0841 e. The molecule has 0 aromatic heterocycles. The Morgan fingerprint density at radius 3 is 2.20 bits per heavy atom. The Morgan fingerprint density at radius 1 is 1.20 bits per heavy atom. The average Bonchev–Trinajstić information content (AvgIpc) is 1.80. The SMILES string of the molecule is C.Cc1ccc(Cl)c(C)c1.